The number of nitrogens with zero attached hydrogens (tertiary/aromatic N) is 4. The molecule has 0 aliphatic carbocycles. The molecule has 148 valence electrons. The maximum atomic E-state index is 13.4. The van der Waals surface area contributed by atoms with E-state index in [-0.39, 0.29) is 5.91 Å². The predicted octanol–water partition coefficient (Wildman–Crippen LogP) is 4.33. The van der Waals surface area contributed by atoms with E-state index in [9.17, 15) is 4.79 Å². The third-order valence-corrected chi connectivity index (χ3v) is 4.58. The fourth-order valence-corrected chi connectivity index (χ4v) is 3.06. The highest BCUT2D eigenvalue weighted by Crippen LogP contribution is 2.20. The van der Waals surface area contributed by atoms with Gasteiger partial charge in [0, 0.05) is 30.7 Å². The van der Waals surface area contributed by atoms with Gasteiger partial charge in [-0.15, -0.1) is 0 Å². The van der Waals surface area contributed by atoms with E-state index in [1.165, 1.54) is 6.33 Å². The average Bonchev–Trinajstić information content (AvgIpc) is 2.83. The van der Waals surface area contributed by atoms with Gasteiger partial charge in [-0.25, -0.2) is 9.97 Å². The second-order valence-corrected chi connectivity index (χ2v) is 6.72. The van der Waals surface area contributed by atoms with E-state index in [1.807, 2.05) is 72.8 Å². The number of para-hydroxylation sites is 1. The average molecular weight is 395 g/mol. The molecule has 0 spiro atoms. The molecular formula is C24H21N5O. The highest BCUT2D eigenvalue weighted by atomic mass is 16.2. The van der Waals surface area contributed by atoms with E-state index in [4.69, 9.17) is 0 Å². The van der Waals surface area contributed by atoms with E-state index in [0.717, 1.165) is 16.8 Å². The minimum Gasteiger partial charge on any atom is -0.366 e. The molecule has 4 aromatic rings. The molecular weight excluding hydrogens is 374 g/mol. The second kappa shape index (κ2) is 9.43. The number of aromatic nitrogens is 3. The zero-order valence-corrected chi connectivity index (χ0v) is 16.3. The summed E-state index contributed by atoms with van der Waals surface area (Å²) in [7, 11) is 0. The molecule has 6 nitrogen and oxygen atoms in total. The third kappa shape index (κ3) is 4.86. The first kappa shape index (κ1) is 19.3. The lowest BCUT2D eigenvalue weighted by molar-refractivity contribution is 0.0980. The smallest absolute Gasteiger partial charge is 0.277 e. The zero-order chi connectivity index (χ0) is 20.6. The molecule has 0 saturated heterocycles. The second-order valence-electron chi connectivity index (χ2n) is 6.72. The van der Waals surface area contributed by atoms with Crippen molar-refractivity contribution >= 4 is 17.4 Å². The maximum absolute atomic E-state index is 13.4. The molecule has 0 aliphatic heterocycles. The molecule has 6 heteroatoms. The Bertz CT molecular complexity index is 1090. The summed E-state index contributed by atoms with van der Waals surface area (Å²) in [5, 5.41) is 3.22. The topological polar surface area (TPSA) is 71.0 Å². The van der Waals surface area contributed by atoms with E-state index >= 15 is 0 Å². The fraction of sp³-hybridized carbons (Fsp3) is 0.0833. The van der Waals surface area contributed by atoms with Crippen LogP contribution in [-0.4, -0.2) is 20.9 Å². The molecule has 2 aromatic heterocycles. The predicted molar refractivity (Wildman–Crippen MR) is 117 cm³/mol. The van der Waals surface area contributed by atoms with E-state index in [0.29, 0.717) is 24.6 Å². The molecule has 1 amide bonds. The molecule has 0 atom stereocenters. The minimum absolute atomic E-state index is 0.183. The normalized spacial score (nSPS) is 10.4. The molecule has 1 N–H and O–H groups in total. The van der Waals surface area contributed by atoms with Gasteiger partial charge in [-0.2, -0.15) is 0 Å². The van der Waals surface area contributed by atoms with Gasteiger partial charge in [0.25, 0.3) is 5.91 Å². The van der Waals surface area contributed by atoms with Crippen LogP contribution >= 0.6 is 0 Å². The van der Waals surface area contributed by atoms with Crippen LogP contribution in [-0.2, 0) is 13.1 Å². The van der Waals surface area contributed by atoms with Gasteiger partial charge in [0.2, 0.25) is 0 Å². The summed E-state index contributed by atoms with van der Waals surface area (Å²) in [6.45, 7) is 1.01. The van der Waals surface area contributed by atoms with Crippen molar-refractivity contribution in [3.63, 3.8) is 0 Å². The lowest BCUT2D eigenvalue weighted by atomic mass is 10.1. The van der Waals surface area contributed by atoms with Crippen molar-refractivity contribution < 1.29 is 4.79 Å². The summed E-state index contributed by atoms with van der Waals surface area (Å²) in [5.74, 6) is 0.404. The highest BCUT2D eigenvalue weighted by Gasteiger charge is 2.20. The summed E-state index contributed by atoms with van der Waals surface area (Å²) >= 11 is 0. The van der Waals surface area contributed by atoms with E-state index in [2.05, 4.69) is 20.3 Å². The van der Waals surface area contributed by atoms with Crippen molar-refractivity contribution in [2.75, 3.05) is 10.2 Å². The standard InChI is InChI=1S/C24H21N5O/c30-24(22-14-23(28-18-27-22)26-16-20-10-7-13-25-15-20)29(21-11-5-2-6-12-21)17-19-8-3-1-4-9-19/h1-15,18H,16-17H2,(H,26,27,28). The van der Waals surface area contributed by atoms with Crippen molar-refractivity contribution in [3.05, 3.63) is 114 Å². The molecule has 2 aromatic carbocycles. The first-order valence-electron chi connectivity index (χ1n) is 9.65. The molecule has 2 heterocycles. The summed E-state index contributed by atoms with van der Waals surface area (Å²) in [6, 6.07) is 25.0. The Morgan fingerprint density at radius 3 is 2.33 bits per heavy atom. The number of hydrogen-bond acceptors (Lipinski definition) is 5. The number of nitrogens with one attached hydrogen (secondary N) is 1. The number of carbonyl (C=O) groups excluding carboxylic acids is 1. The van der Waals surface area contributed by atoms with Crippen molar-refractivity contribution in [1.29, 1.82) is 0 Å². The highest BCUT2D eigenvalue weighted by molar-refractivity contribution is 6.05. The number of carbonyl (C=O) groups is 1. The number of hydrogen-bond donors (Lipinski definition) is 1. The fourth-order valence-electron chi connectivity index (χ4n) is 3.06. The van der Waals surface area contributed by atoms with Gasteiger partial charge in [0.15, 0.2) is 0 Å². The van der Waals surface area contributed by atoms with Gasteiger partial charge in [0.05, 0.1) is 6.54 Å². The molecule has 4 rings (SSSR count). The molecule has 0 unspecified atom stereocenters. The molecule has 0 aliphatic rings. The Kier molecular flexibility index (Phi) is 6.05. The largest absolute Gasteiger partial charge is 0.366 e. The molecule has 0 radical (unpaired) electrons. The molecule has 30 heavy (non-hydrogen) atoms. The summed E-state index contributed by atoms with van der Waals surface area (Å²) in [4.78, 5) is 27.7. The van der Waals surface area contributed by atoms with Crippen LogP contribution < -0.4 is 10.2 Å². The van der Waals surface area contributed by atoms with Crippen LogP contribution in [0.4, 0.5) is 11.5 Å². The van der Waals surface area contributed by atoms with Gasteiger partial charge in [-0.05, 0) is 29.3 Å². The Labute approximate surface area is 175 Å². The Balaban J connectivity index is 1.56. The lowest BCUT2D eigenvalue weighted by Crippen LogP contribution is -2.31. The number of anilines is 2. The maximum Gasteiger partial charge on any atom is 0.277 e. The van der Waals surface area contributed by atoms with Crippen molar-refractivity contribution in [3.8, 4) is 0 Å². The number of benzene rings is 2. The SMILES string of the molecule is O=C(c1cc(NCc2cccnc2)ncn1)N(Cc1ccccc1)c1ccccc1. The summed E-state index contributed by atoms with van der Waals surface area (Å²) in [5.41, 5.74) is 3.21. The Morgan fingerprint density at radius 1 is 0.867 bits per heavy atom. The van der Waals surface area contributed by atoms with Crippen LogP contribution in [0.1, 0.15) is 21.6 Å². The quantitative estimate of drug-likeness (QED) is 0.504. The van der Waals surface area contributed by atoms with Crippen molar-refractivity contribution in [2.24, 2.45) is 0 Å². The van der Waals surface area contributed by atoms with Gasteiger partial charge < -0.3 is 10.2 Å². The first-order chi connectivity index (χ1) is 14.8. The third-order valence-electron chi connectivity index (χ3n) is 4.58. The van der Waals surface area contributed by atoms with Crippen LogP contribution in [0.25, 0.3) is 0 Å². The number of pyridine rings is 1. The monoisotopic (exact) mass is 395 g/mol. The Hall–Kier alpha value is -4.06. The van der Waals surface area contributed by atoms with Crippen molar-refractivity contribution in [2.45, 2.75) is 13.1 Å². The molecule has 0 saturated carbocycles. The van der Waals surface area contributed by atoms with Gasteiger partial charge in [-0.1, -0.05) is 54.6 Å². The number of rotatable bonds is 7. The molecule has 0 bridgehead atoms. The van der Waals surface area contributed by atoms with Gasteiger partial charge >= 0.3 is 0 Å². The van der Waals surface area contributed by atoms with Crippen LogP contribution in [0.15, 0.2) is 97.6 Å². The Morgan fingerprint density at radius 2 is 1.60 bits per heavy atom. The number of amides is 1. The molecule has 0 fully saturated rings. The van der Waals surface area contributed by atoms with Crippen LogP contribution in [0, 0.1) is 0 Å². The van der Waals surface area contributed by atoms with E-state index < -0.39 is 0 Å². The summed E-state index contributed by atoms with van der Waals surface area (Å²) < 4.78 is 0. The van der Waals surface area contributed by atoms with E-state index in [1.54, 1.807) is 23.4 Å². The first-order valence-corrected chi connectivity index (χ1v) is 9.65. The zero-order valence-electron chi connectivity index (χ0n) is 16.3. The van der Waals surface area contributed by atoms with Crippen LogP contribution in [0.2, 0.25) is 0 Å². The van der Waals surface area contributed by atoms with Gasteiger partial charge in [0.1, 0.15) is 17.8 Å². The lowest BCUT2D eigenvalue weighted by Gasteiger charge is -2.23. The summed E-state index contributed by atoms with van der Waals surface area (Å²) in [6.07, 6.45) is 4.93. The van der Waals surface area contributed by atoms with Gasteiger partial charge in [-0.3, -0.25) is 9.78 Å². The minimum atomic E-state index is -0.183. The van der Waals surface area contributed by atoms with Crippen LogP contribution in [0.5, 0.6) is 0 Å². The van der Waals surface area contributed by atoms with Crippen LogP contribution in [0.3, 0.4) is 0 Å². The van der Waals surface area contributed by atoms with Crippen molar-refractivity contribution in [1.82, 2.24) is 15.0 Å².